The Bertz CT molecular complexity index is 867. The van der Waals surface area contributed by atoms with Gasteiger partial charge in [0, 0.05) is 30.5 Å². The van der Waals surface area contributed by atoms with Crippen molar-refractivity contribution in [2.24, 2.45) is 0 Å². The van der Waals surface area contributed by atoms with Crippen molar-refractivity contribution < 1.29 is 14.3 Å². The molecule has 0 radical (unpaired) electrons. The maximum absolute atomic E-state index is 13.2. The highest BCUT2D eigenvalue weighted by Crippen LogP contribution is 2.20. The molecule has 6 heteroatoms. The SMILES string of the molecule is COc1ccc(CN(C(=O)CCSCc2ccccc2)[C@H](C)C(=O)NC2CCCCC2)cc1. The summed E-state index contributed by atoms with van der Waals surface area (Å²) in [7, 11) is 1.63. The molecule has 2 aromatic rings. The second-order valence-corrected chi connectivity index (χ2v) is 9.78. The predicted molar refractivity (Wildman–Crippen MR) is 135 cm³/mol. The van der Waals surface area contributed by atoms with E-state index in [2.05, 4.69) is 17.4 Å². The van der Waals surface area contributed by atoms with E-state index in [0.717, 1.165) is 48.5 Å². The Labute approximate surface area is 202 Å². The molecule has 0 bridgehead atoms. The third-order valence-corrected chi connectivity index (χ3v) is 7.23. The third kappa shape index (κ3) is 8.11. The Morgan fingerprint density at radius 2 is 1.73 bits per heavy atom. The van der Waals surface area contributed by atoms with Gasteiger partial charge in [-0.1, -0.05) is 61.7 Å². The Kier molecular flexibility index (Phi) is 10.1. The van der Waals surface area contributed by atoms with Gasteiger partial charge in [-0.3, -0.25) is 9.59 Å². The van der Waals surface area contributed by atoms with Gasteiger partial charge in [-0.2, -0.15) is 11.8 Å². The number of carbonyl (C=O) groups excluding carboxylic acids is 2. The van der Waals surface area contributed by atoms with Crippen molar-refractivity contribution in [2.45, 2.75) is 69.8 Å². The Hall–Kier alpha value is -2.47. The molecule has 1 aliphatic carbocycles. The number of rotatable bonds is 11. The molecular formula is C27H36N2O3S. The van der Waals surface area contributed by atoms with Crippen LogP contribution >= 0.6 is 11.8 Å². The maximum atomic E-state index is 13.2. The number of ether oxygens (including phenoxy) is 1. The largest absolute Gasteiger partial charge is 0.497 e. The fraction of sp³-hybridized carbons (Fsp3) is 0.481. The summed E-state index contributed by atoms with van der Waals surface area (Å²) in [4.78, 5) is 28.0. The number of hydrogen-bond acceptors (Lipinski definition) is 4. The zero-order valence-electron chi connectivity index (χ0n) is 19.8. The summed E-state index contributed by atoms with van der Waals surface area (Å²) in [6, 6.07) is 17.7. The van der Waals surface area contributed by atoms with Crippen LogP contribution in [0.15, 0.2) is 54.6 Å². The van der Waals surface area contributed by atoms with Crippen LogP contribution in [0.3, 0.4) is 0 Å². The molecule has 3 rings (SSSR count). The fourth-order valence-electron chi connectivity index (χ4n) is 4.15. The molecule has 5 nitrogen and oxygen atoms in total. The minimum atomic E-state index is -0.513. The van der Waals surface area contributed by atoms with Crippen molar-refractivity contribution in [2.75, 3.05) is 12.9 Å². The standard InChI is InChI=1S/C27H36N2O3S/c1-21(27(31)28-24-11-7-4-8-12-24)29(19-22-13-15-25(32-2)16-14-22)26(30)17-18-33-20-23-9-5-3-6-10-23/h3,5-6,9-10,13-16,21,24H,4,7-8,11-12,17-20H2,1-2H3,(H,28,31)/t21-/m1/s1. The van der Waals surface area contributed by atoms with E-state index in [4.69, 9.17) is 4.74 Å². The van der Waals surface area contributed by atoms with Crippen LogP contribution in [-0.4, -0.2) is 41.7 Å². The van der Waals surface area contributed by atoms with Crippen LogP contribution in [0.5, 0.6) is 5.75 Å². The molecule has 0 aliphatic heterocycles. The first-order valence-electron chi connectivity index (χ1n) is 11.9. The Balaban J connectivity index is 1.61. The number of nitrogens with one attached hydrogen (secondary N) is 1. The monoisotopic (exact) mass is 468 g/mol. The fourth-order valence-corrected chi connectivity index (χ4v) is 5.04. The summed E-state index contributed by atoms with van der Waals surface area (Å²) in [5.41, 5.74) is 2.24. The second kappa shape index (κ2) is 13.3. The van der Waals surface area contributed by atoms with E-state index in [-0.39, 0.29) is 17.9 Å². The van der Waals surface area contributed by atoms with Crippen molar-refractivity contribution >= 4 is 23.6 Å². The normalized spacial score (nSPS) is 15.0. The van der Waals surface area contributed by atoms with E-state index in [1.54, 1.807) is 23.8 Å². The van der Waals surface area contributed by atoms with Crippen LogP contribution in [-0.2, 0) is 21.9 Å². The molecule has 33 heavy (non-hydrogen) atoms. The molecule has 0 spiro atoms. The van der Waals surface area contributed by atoms with Crippen LogP contribution in [0, 0.1) is 0 Å². The number of amides is 2. The molecule has 0 saturated heterocycles. The van der Waals surface area contributed by atoms with E-state index >= 15 is 0 Å². The zero-order chi connectivity index (χ0) is 23.5. The van der Waals surface area contributed by atoms with E-state index < -0.39 is 6.04 Å². The van der Waals surface area contributed by atoms with Gasteiger partial charge < -0.3 is 15.0 Å². The van der Waals surface area contributed by atoms with E-state index in [1.165, 1.54) is 12.0 Å². The molecule has 0 unspecified atom stereocenters. The van der Waals surface area contributed by atoms with E-state index in [1.807, 2.05) is 49.4 Å². The molecule has 0 aromatic heterocycles. The summed E-state index contributed by atoms with van der Waals surface area (Å²) in [6.45, 7) is 2.25. The van der Waals surface area contributed by atoms with E-state index in [0.29, 0.717) is 13.0 Å². The summed E-state index contributed by atoms with van der Waals surface area (Å²) in [5, 5.41) is 3.19. The first-order valence-corrected chi connectivity index (χ1v) is 13.1. The van der Waals surface area contributed by atoms with Crippen molar-refractivity contribution in [3.8, 4) is 5.75 Å². The van der Waals surface area contributed by atoms with Crippen LogP contribution in [0.25, 0.3) is 0 Å². The molecular weight excluding hydrogens is 432 g/mol. The van der Waals surface area contributed by atoms with E-state index in [9.17, 15) is 9.59 Å². The first kappa shape index (κ1) is 25.2. The van der Waals surface area contributed by atoms with Gasteiger partial charge in [0.2, 0.25) is 11.8 Å². The molecule has 0 heterocycles. The average Bonchev–Trinajstić information content (AvgIpc) is 2.86. The minimum absolute atomic E-state index is 0.0117. The van der Waals surface area contributed by atoms with Gasteiger partial charge in [-0.05, 0) is 43.0 Å². The highest BCUT2D eigenvalue weighted by molar-refractivity contribution is 7.98. The molecule has 1 aliphatic rings. The van der Waals surface area contributed by atoms with Gasteiger partial charge in [-0.25, -0.2) is 0 Å². The smallest absolute Gasteiger partial charge is 0.242 e. The highest BCUT2D eigenvalue weighted by atomic mass is 32.2. The Morgan fingerprint density at radius 3 is 2.39 bits per heavy atom. The van der Waals surface area contributed by atoms with Gasteiger partial charge in [0.25, 0.3) is 0 Å². The highest BCUT2D eigenvalue weighted by Gasteiger charge is 2.27. The topological polar surface area (TPSA) is 58.6 Å². The maximum Gasteiger partial charge on any atom is 0.242 e. The van der Waals surface area contributed by atoms with Crippen LogP contribution in [0.4, 0.5) is 0 Å². The van der Waals surface area contributed by atoms with Crippen molar-refractivity contribution in [3.63, 3.8) is 0 Å². The summed E-state index contributed by atoms with van der Waals surface area (Å²) in [6.07, 6.45) is 6.03. The number of carbonyl (C=O) groups is 2. The van der Waals surface area contributed by atoms with Gasteiger partial charge in [-0.15, -0.1) is 0 Å². The van der Waals surface area contributed by atoms with Gasteiger partial charge in [0.15, 0.2) is 0 Å². The lowest BCUT2D eigenvalue weighted by Crippen LogP contribution is -2.50. The molecule has 2 aromatic carbocycles. The number of nitrogens with zero attached hydrogens (tertiary/aromatic N) is 1. The predicted octanol–water partition coefficient (Wildman–Crippen LogP) is 5.18. The van der Waals surface area contributed by atoms with Crippen LogP contribution in [0.1, 0.15) is 56.6 Å². The third-order valence-electron chi connectivity index (χ3n) is 6.20. The minimum Gasteiger partial charge on any atom is -0.497 e. The van der Waals surface area contributed by atoms with Crippen molar-refractivity contribution in [1.29, 1.82) is 0 Å². The second-order valence-electron chi connectivity index (χ2n) is 8.68. The van der Waals surface area contributed by atoms with Gasteiger partial charge >= 0.3 is 0 Å². The van der Waals surface area contributed by atoms with Crippen LogP contribution in [0.2, 0.25) is 0 Å². The number of thioether (sulfide) groups is 1. The van der Waals surface area contributed by atoms with Crippen LogP contribution < -0.4 is 10.1 Å². The average molecular weight is 469 g/mol. The summed E-state index contributed by atoms with van der Waals surface area (Å²) >= 11 is 1.75. The van der Waals surface area contributed by atoms with Gasteiger partial charge in [0.1, 0.15) is 11.8 Å². The lowest BCUT2D eigenvalue weighted by molar-refractivity contribution is -0.140. The number of benzene rings is 2. The first-order chi connectivity index (χ1) is 16.1. The molecule has 1 saturated carbocycles. The molecule has 1 N–H and O–H groups in total. The molecule has 1 fully saturated rings. The molecule has 178 valence electrons. The summed E-state index contributed by atoms with van der Waals surface area (Å²) in [5.74, 6) is 2.34. The summed E-state index contributed by atoms with van der Waals surface area (Å²) < 4.78 is 5.25. The zero-order valence-corrected chi connectivity index (χ0v) is 20.6. The quantitative estimate of drug-likeness (QED) is 0.462. The number of hydrogen-bond donors (Lipinski definition) is 1. The van der Waals surface area contributed by atoms with Crippen molar-refractivity contribution in [1.82, 2.24) is 10.2 Å². The van der Waals surface area contributed by atoms with Gasteiger partial charge in [0.05, 0.1) is 7.11 Å². The molecule has 1 atom stereocenters. The lowest BCUT2D eigenvalue weighted by atomic mass is 9.95. The Morgan fingerprint density at radius 1 is 1.03 bits per heavy atom. The molecule has 2 amide bonds. The van der Waals surface area contributed by atoms with Crippen molar-refractivity contribution in [3.05, 3.63) is 65.7 Å². The number of methoxy groups -OCH3 is 1. The lowest BCUT2D eigenvalue weighted by Gasteiger charge is -2.31.